The summed E-state index contributed by atoms with van der Waals surface area (Å²) in [7, 11) is -0.191. The van der Waals surface area contributed by atoms with Gasteiger partial charge in [-0.1, -0.05) is 19.1 Å². The summed E-state index contributed by atoms with van der Waals surface area (Å²) in [5.74, 6) is 0.737. The molecule has 6 nitrogen and oxygen atoms in total. The van der Waals surface area contributed by atoms with Crippen LogP contribution in [-0.2, 0) is 10.0 Å². The Kier molecular flexibility index (Phi) is 5.58. The lowest BCUT2D eigenvalue weighted by atomic mass is 10.1. The molecule has 1 aromatic heterocycles. The van der Waals surface area contributed by atoms with Crippen molar-refractivity contribution in [2.75, 3.05) is 24.7 Å². The van der Waals surface area contributed by atoms with Gasteiger partial charge in [0.15, 0.2) is 0 Å². The largest absolute Gasteiger partial charge is 0.497 e. The van der Waals surface area contributed by atoms with Gasteiger partial charge >= 0.3 is 0 Å². The molecule has 0 aliphatic rings. The zero-order valence-corrected chi connectivity index (χ0v) is 18.1. The van der Waals surface area contributed by atoms with E-state index < -0.39 is 10.0 Å². The number of sulfonamides is 1. The minimum atomic E-state index is -3.34. The van der Waals surface area contributed by atoms with Gasteiger partial charge in [0.1, 0.15) is 11.8 Å². The molecule has 2 aromatic carbocycles. The second-order valence-corrected chi connectivity index (χ2v) is 9.14. The van der Waals surface area contributed by atoms with Crippen LogP contribution in [0, 0.1) is 11.3 Å². The standard InChI is InChI=1S/C22H25N3O3S/c1-6-15(2)25-21-13-18(28-4)11-12-19(21)20(14-23)22(25)16-7-9-17(10-8-16)24(3)29(5,26)27/h7-13,15H,6H2,1-5H3. The van der Waals surface area contributed by atoms with Crippen molar-refractivity contribution < 1.29 is 13.2 Å². The molecule has 0 radical (unpaired) electrons. The van der Waals surface area contributed by atoms with E-state index in [2.05, 4.69) is 24.5 Å². The summed E-state index contributed by atoms with van der Waals surface area (Å²) in [5, 5.41) is 10.8. The van der Waals surface area contributed by atoms with Crippen LogP contribution >= 0.6 is 0 Å². The molecule has 29 heavy (non-hydrogen) atoms. The van der Waals surface area contributed by atoms with E-state index in [0.717, 1.165) is 34.3 Å². The number of hydrogen-bond donors (Lipinski definition) is 0. The fourth-order valence-corrected chi connectivity index (χ4v) is 3.98. The molecule has 0 spiro atoms. The average molecular weight is 412 g/mol. The second kappa shape index (κ2) is 7.80. The van der Waals surface area contributed by atoms with Gasteiger partial charge in [0, 0.05) is 24.5 Å². The monoisotopic (exact) mass is 411 g/mol. The zero-order valence-electron chi connectivity index (χ0n) is 17.3. The number of hydrogen-bond acceptors (Lipinski definition) is 4. The number of nitrogens with zero attached hydrogens (tertiary/aromatic N) is 3. The Morgan fingerprint density at radius 1 is 1.21 bits per heavy atom. The molecule has 3 aromatic rings. The molecule has 0 saturated carbocycles. The third-order valence-corrected chi connectivity index (χ3v) is 6.56. The molecular weight excluding hydrogens is 386 g/mol. The first-order valence-corrected chi connectivity index (χ1v) is 11.2. The van der Waals surface area contributed by atoms with E-state index in [9.17, 15) is 13.7 Å². The predicted octanol–water partition coefficient (Wildman–Crippen LogP) is 4.56. The van der Waals surface area contributed by atoms with Gasteiger partial charge in [-0.05, 0) is 43.2 Å². The molecule has 0 amide bonds. The third-order valence-electron chi connectivity index (χ3n) is 5.36. The van der Waals surface area contributed by atoms with Crippen LogP contribution in [0.2, 0.25) is 0 Å². The summed E-state index contributed by atoms with van der Waals surface area (Å²) < 4.78 is 32.4. The first kappa shape index (κ1) is 20.7. The van der Waals surface area contributed by atoms with Gasteiger partial charge in [-0.3, -0.25) is 4.31 Å². The first-order chi connectivity index (χ1) is 13.7. The molecule has 1 unspecified atom stereocenters. The predicted molar refractivity (Wildman–Crippen MR) is 117 cm³/mol. The minimum Gasteiger partial charge on any atom is -0.497 e. The van der Waals surface area contributed by atoms with Crippen molar-refractivity contribution in [3.8, 4) is 23.1 Å². The highest BCUT2D eigenvalue weighted by Crippen LogP contribution is 2.38. The number of ether oxygens (including phenoxy) is 1. The van der Waals surface area contributed by atoms with Crippen LogP contribution in [0.15, 0.2) is 42.5 Å². The molecule has 0 aliphatic heterocycles. The molecule has 3 rings (SSSR count). The van der Waals surface area contributed by atoms with E-state index in [4.69, 9.17) is 4.74 Å². The maximum absolute atomic E-state index is 11.8. The van der Waals surface area contributed by atoms with Crippen LogP contribution in [0.25, 0.3) is 22.2 Å². The fraction of sp³-hybridized carbons (Fsp3) is 0.318. The lowest BCUT2D eigenvalue weighted by molar-refractivity contribution is 0.415. The lowest BCUT2D eigenvalue weighted by Gasteiger charge is -2.19. The molecule has 0 fully saturated rings. The summed E-state index contributed by atoms with van der Waals surface area (Å²) in [5.41, 5.74) is 3.82. The van der Waals surface area contributed by atoms with E-state index >= 15 is 0 Å². The summed E-state index contributed by atoms with van der Waals surface area (Å²) in [6, 6.07) is 15.5. The van der Waals surface area contributed by atoms with Crippen molar-refractivity contribution in [1.82, 2.24) is 4.57 Å². The number of aromatic nitrogens is 1. The van der Waals surface area contributed by atoms with Gasteiger partial charge < -0.3 is 9.30 Å². The van der Waals surface area contributed by atoms with Crippen LogP contribution in [0.3, 0.4) is 0 Å². The van der Waals surface area contributed by atoms with Crippen LogP contribution < -0.4 is 9.04 Å². The van der Waals surface area contributed by atoms with Crippen molar-refractivity contribution in [3.63, 3.8) is 0 Å². The van der Waals surface area contributed by atoms with E-state index in [1.54, 1.807) is 19.2 Å². The highest BCUT2D eigenvalue weighted by molar-refractivity contribution is 7.92. The van der Waals surface area contributed by atoms with Gasteiger partial charge in [0.25, 0.3) is 0 Å². The molecule has 0 saturated heterocycles. The molecule has 0 bridgehead atoms. The van der Waals surface area contributed by atoms with Gasteiger partial charge in [-0.25, -0.2) is 8.42 Å². The summed E-state index contributed by atoms with van der Waals surface area (Å²) in [6.45, 7) is 4.23. The van der Waals surface area contributed by atoms with Crippen LogP contribution in [0.4, 0.5) is 5.69 Å². The Hall–Kier alpha value is -2.98. The Labute approximate surface area is 172 Å². The number of methoxy groups -OCH3 is 1. The first-order valence-electron chi connectivity index (χ1n) is 9.39. The number of rotatable bonds is 6. The maximum atomic E-state index is 11.8. The lowest BCUT2D eigenvalue weighted by Crippen LogP contribution is -2.24. The number of nitriles is 1. The van der Waals surface area contributed by atoms with Crippen molar-refractivity contribution >= 4 is 26.6 Å². The molecular formula is C22H25N3O3S. The maximum Gasteiger partial charge on any atom is 0.231 e. The highest BCUT2D eigenvalue weighted by atomic mass is 32.2. The molecule has 0 aliphatic carbocycles. The van der Waals surface area contributed by atoms with Crippen molar-refractivity contribution in [2.24, 2.45) is 0 Å². The van der Waals surface area contributed by atoms with Crippen LogP contribution in [-0.4, -0.2) is 33.4 Å². The zero-order chi connectivity index (χ0) is 21.3. The Bertz CT molecular complexity index is 1190. The van der Waals surface area contributed by atoms with Crippen LogP contribution in [0.1, 0.15) is 31.9 Å². The normalized spacial score (nSPS) is 12.6. The average Bonchev–Trinajstić information content (AvgIpc) is 3.05. The fourth-order valence-electron chi connectivity index (χ4n) is 3.48. The summed E-state index contributed by atoms with van der Waals surface area (Å²) in [4.78, 5) is 0. The Morgan fingerprint density at radius 3 is 2.38 bits per heavy atom. The Morgan fingerprint density at radius 2 is 1.86 bits per heavy atom. The molecule has 0 N–H and O–H groups in total. The quantitative estimate of drug-likeness (QED) is 0.596. The van der Waals surface area contributed by atoms with E-state index in [1.807, 2.05) is 30.3 Å². The molecule has 7 heteroatoms. The van der Waals surface area contributed by atoms with E-state index in [-0.39, 0.29) is 6.04 Å². The number of anilines is 1. The topological polar surface area (TPSA) is 75.3 Å². The van der Waals surface area contributed by atoms with Gasteiger partial charge in [-0.2, -0.15) is 5.26 Å². The van der Waals surface area contributed by atoms with Crippen molar-refractivity contribution in [1.29, 1.82) is 5.26 Å². The summed E-state index contributed by atoms with van der Waals surface area (Å²) >= 11 is 0. The van der Waals surface area contributed by atoms with Gasteiger partial charge in [0.05, 0.1) is 35.8 Å². The number of fused-ring (bicyclic) bond motifs is 1. The number of benzene rings is 2. The second-order valence-electron chi connectivity index (χ2n) is 7.12. The minimum absolute atomic E-state index is 0.167. The van der Waals surface area contributed by atoms with Crippen LogP contribution in [0.5, 0.6) is 5.75 Å². The highest BCUT2D eigenvalue weighted by Gasteiger charge is 2.22. The van der Waals surface area contributed by atoms with E-state index in [1.165, 1.54) is 17.6 Å². The van der Waals surface area contributed by atoms with Crippen molar-refractivity contribution in [3.05, 3.63) is 48.0 Å². The van der Waals surface area contributed by atoms with Gasteiger partial charge in [0.2, 0.25) is 10.0 Å². The van der Waals surface area contributed by atoms with Gasteiger partial charge in [-0.15, -0.1) is 0 Å². The molecule has 1 atom stereocenters. The molecule has 1 heterocycles. The third kappa shape index (κ3) is 3.68. The SMILES string of the molecule is CCC(C)n1c(-c2ccc(N(C)S(C)(=O)=O)cc2)c(C#N)c2ccc(OC)cc21. The summed E-state index contributed by atoms with van der Waals surface area (Å²) in [6.07, 6.45) is 2.07. The van der Waals surface area contributed by atoms with Crippen molar-refractivity contribution in [2.45, 2.75) is 26.3 Å². The molecule has 152 valence electrons. The Balaban J connectivity index is 2.27. The smallest absolute Gasteiger partial charge is 0.231 e. The van der Waals surface area contributed by atoms with E-state index in [0.29, 0.717) is 11.3 Å².